The van der Waals surface area contributed by atoms with Gasteiger partial charge in [0.05, 0.1) is 4.88 Å². The minimum Gasteiger partial charge on any atom is -0.391 e. The van der Waals surface area contributed by atoms with Gasteiger partial charge in [0.2, 0.25) is 0 Å². The van der Waals surface area contributed by atoms with Gasteiger partial charge in [-0.15, -0.1) is 11.3 Å². The number of ketones is 1. The molecule has 0 aliphatic rings. The van der Waals surface area contributed by atoms with E-state index < -0.39 is 0 Å². The highest BCUT2D eigenvalue weighted by Gasteiger charge is 2.00. The van der Waals surface area contributed by atoms with Crippen LogP contribution in [0.4, 0.5) is 0 Å². The molecule has 1 aromatic rings. The van der Waals surface area contributed by atoms with Gasteiger partial charge < -0.3 is 5.32 Å². The Labute approximate surface area is 75.9 Å². The minimum atomic E-state index is 0.0611. The standard InChI is InChI=1S/C9H11NOS/c1-2-10-6-5-8(11)9-4-3-7-12-9/h3-7,10H,2H2,1H3/b6-5-. The molecule has 12 heavy (non-hydrogen) atoms. The molecule has 2 nitrogen and oxygen atoms in total. The summed E-state index contributed by atoms with van der Waals surface area (Å²) < 4.78 is 0. The van der Waals surface area contributed by atoms with Crippen LogP contribution < -0.4 is 5.32 Å². The van der Waals surface area contributed by atoms with Crippen LogP contribution in [0.5, 0.6) is 0 Å². The van der Waals surface area contributed by atoms with Gasteiger partial charge in [0.1, 0.15) is 0 Å². The number of thiophene rings is 1. The molecule has 0 aliphatic heterocycles. The molecule has 0 bridgehead atoms. The summed E-state index contributed by atoms with van der Waals surface area (Å²) in [5.74, 6) is 0.0611. The van der Waals surface area contributed by atoms with Crippen molar-refractivity contribution in [2.75, 3.05) is 6.54 Å². The van der Waals surface area contributed by atoms with Gasteiger partial charge in [0.25, 0.3) is 0 Å². The van der Waals surface area contributed by atoms with Crippen LogP contribution >= 0.6 is 11.3 Å². The molecule has 0 saturated carbocycles. The van der Waals surface area contributed by atoms with Crippen LogP contribution in [0.2, 0.25) is 0 Å². The number of rotatable bonds is 4. The second-order valence-electron chi connectivity index (χ2n) is 2.23. The maximum Gasteiger partial charge on any atom is 0.197 e. The van der Waals surface area contributed by atoms with Crippen LogP contribution in [0.1, 0.15) is 16.6 Å². The molecule has 3 heteroatoms. The van der Waals surface area contributed by atoms with E-state index in [1.54, 1.807) is 12.3 Å². The molecule has 0 aromatic carbocycles. The Morgan fingerprint density at radius 2 is 2.58 bits per heavy atom. The highest BCUT2D eigenvalue weighted by molar-refractivity contribution is 7.12. The first-order chi connectivity index (χ1) is 5.84. The van der Waals surface area contributed by atoms with E-state index in [9.17, 15) is 4.79 Å². The van der Waals surface area contributed by atoms with Crippen LogP contribution in [0.3, 0.4) is 0 Å². The molecule has 1 rings (SSSR count). The SMILES string of the molecule is CCN/C=C\C(=O)c1cccs1. The number of carbonyl (C=O) groups excluding carboxylic acids is 1. The van der Waals surface area contributed by atoms with E-state index >= 15 is 0 Å². The predicted molar refractivity (Wildman–Crippen MR) is 51.5 cm³/mol. The van der Waals surface area contributed by atoms with E-state index in [1.165, 1.54) is 11.3 Å². The summed E-state index contributed by atoms with van der Waals surface area (Å²) in [6, 6.07) is 3.70. The van der Waals surface area contributed by atoms with Crippen LogP contribution in [-0.2, 0) is 0 Å². The fourth-order valence-electron chi connectivity index (χ4n) is 0.753. The summed E-state index contributed by atoms with van der Waals surface area (Å²) >= 11 is 1.46. The first kappa shape index (κ1) is 9.00. The maximum absolute atomic E-state index is 11.3. The first-order valence-electron chi connectivity index (χ1n) is 3.82. The lowest BCUT2D eigenvalue weighted by Gasteiger charge is -1.90. The molecule has 64 valence electrons. The number of hydrogen-bond acceptors (Lipinski definition) is 3. The third kappa shape index (κ3) is 2.51. The maximum atomic E-state index is 11.3. The molecule has 0 radical (unpaired) electrons. The molecular formula is C9H11NOS. The van der Waals surface area contributed by atoms with Gasteiger partial charge in [0.15, 0.2) is 5.78 Å². The summed E-state index contributed by atoms with van der Waals surface area (Å²) in [6.45, 7) is 2.83. The summed E-state index contributed by atoms with van der Waals surface area (Å²) in [7, 11) is 0. The lowest BCUT2D eigenvalue weighted by Crippen LogP contribution is -2.03. The van der Waals surface area contributed by atoms with Gasteiger partial charge in [-0.25, -0.2) is 0 Å². The van der Waals surface area contributed by atoms with Gasteiger partial charge in [-0.3, -0.25) is 4.79 Å². The molecule has 0 aliphatic carbocycles. The van der Waals surface area contributed by atoms with Crippen molar-refractivity contribution in [3.05, 3.63) is 34.7 Å². The molecule has 0 spiro atoms. The van der Waals surface area contributed by atoms with E-state index in [1.807, 2.05) is 24.4 Å². The van der Waals surface area contributed by atoms with Crippen molar-refractivity contribution in [1.29, 1.82) is 0 Å². The Hall–Kier alpha value is -1.09. The smallest absolute Gasteiger partial charge is 0.197 e. The van der Waals surface area contributed by atoms with Crippen LogP contribution in [0, 0.1) is 0 Å². The van der Waals surface area contributed by atoms with E-state index in [-0.39, 0.29) is 5.78 Å². The minimum absolute atomic E-state index is 0.0611. The quantitative estimate of drug-likeness (QED) is 0.569. The molecule has 0 atom stereocenters. The monoisotopic (exact) mass is 181 g/mol. The van der Waals surface area contributed by atoms with Crippen molar-refractivity contribution in [2.45, 2.75) is 6.92 Å². The Morgan fingerprint density at radius 1 is 1.75 bits per heavy atom. The molecule has 0 unspecified atom stereocenters. The van der Waals surface area contributed by atoms with E-state index in [4.69, 9.17) is 0 Å². The third-order valence-electron chi connectivity index (χ3n) is 1.32. The van der Waals surface area contributed by atoms with E-state index in [0.717, 1.165) is 11.4 Å². The second-order valence-corrected chi connectivity index (χ2v) is 3.18. The van der Waals surface area contributed by atoms with Crippen molar-refractivity contribution in [3.8, 4) is 0 Å². The largest absolute Gasteiger partial charge is 0.391 e. The number of allylic oxidation sites excluding steroid dienone is 1. The van der Waals surface area contributed by atoms with E-state index in [2.05, 4.69) is 5.32 Å². The van der Waals surface area contributed by atoms with Crippen molar-refractivity contribution in [1.82, 2.24) is 5.32 Å². The van der Waals surface area contributed by atoms with Gasteiger partial charge in [0, 0.05) is 18.8 Å². The molecule has 0 saturated heterocycles. The van der Waals surface area contributed by atoms with E-state index in [0.29, 0.717) is 0 Å². The molecule has 1 heterocycles. The van der Waals surface area contributed by atoms with Gasteiger partial charge in [-0.05, 0) is 18.4 Å². The van der Waals surface area contributed by atoms with Gasteiger partial charge in [-0.1, -0.05) is 6.07 Å². The summed E-state index contributed by atoms with van der Waals surface area (Å²) in [4.78, 5) is 12.0. The van der Waals surface area contributed by atoms with Crippen LogP contribution in [-0.4, -0.2) is 12.3 Å². The molecule has 1 N–H and O–H groups in total. The van der Waals surface area contributed by atoms with Crippen molar-refractivity contribution < 1.29 is 4.79 Å². The zero-order valence-corrected chi connectivity index (χ0v) is 7.73. The lowest BCUT2D eigenvalue weighted by molar-refractivity contribution is 0.105. The topological polar surface area (TPSA) is 29.1 Å². The Balaban J connectivity index is 2.50. The van der Waals surface area contributed by atoms with Gasteiger partial charge >= 0.3 is 0 Å². The lowest BCUT2D eigenvalue weighted by atomic mass is 10.3. The fourth-order valence-corrected chi connectivity index (χ4v) is 1.40. The van der Waals surface area contributed by atoms with Gasteiger partial charge in [-0.2, -0.15) is 0 Å². The molecule has 0 fully saturated rings. The number of nitrogens with one attached hydrogen (secondary N) is 1. The third-order valence-corrected chi connectivity index (χ3v) is 2.21. The average Bonchev–Trinajstić information content (AvgIpc) is 2.56. The normalized spacial score (nSPS) is 10.4. The summed E-state index contributed by atoms with van der Waals surface area (Å²) in [5.41, 5.74) is 0. The highest BCUT2D eigenvalue weighted by atomic mass is 32.1. The van der Waals surface area contributed by atoms with Crippen LogP contribution in [0.25, 0.3) is 0 Å². The zero-order chi connectivity index (χ0) is 8.81. The number of carbonyl (C=O) groups is 1. The Morgan fingerprint density at radius 3 is 3.17 bits per heavy atom. The average molecular weight is 181 g/mol. The van der Waals surface area contributed by atoms with Crippen LogP contribution in [0.15, 0.2) is 29.8 Å². The van der Waals surface area contributed by atoms with Crippen molar-refractivity contribution >= 4 is 17.1 Å². The molecule has 0 amide bonds. The first-order valence-corrected chi connectivity index (χ1v) is 4.70. The molecule has 1 aromatic heterocycles. The fraction of sp³-hybridized carbons (Fsp3) is 0.222. The summed E-state index contributed by atoms with van der Waals surface area (Å²) in [5, 5.41) is 4.84. The Kier molecular flexibility index (Phi) is 3.54. The Bertz CT molecular complexity index is 264. The highest BCUT2D eigenvalue weighted by Crippen LogP contribution is 2.09. The number of hydrogen-bond donors (Lipinski definition) is 1. The zero-order valence-electron chi connectivity index (χ0n) is 6.91. The molecular weight excluding hydrogens is 170 g/mol. The van der Waals surface area contributed by atoms with Crippen molar-refractivity contribution in [3.63, 3.8) is 0 Å². The summed E-state index contributed by atoms with van der Waals surface area (Å²) in [6.07, 6.45) is 3.23. The van der Waals surface area contributed by atoms with Crippen molar-refractivity contribution in [2.24, 2.45) is 0 Å². The predicted octanol–water partition coefficient (Wildman–Crippen LogP) is 2.05. The second kappa shape index (κ2) is 4.72.